The van der Waals surface area contributed by atoms with Crippen LogP contribution in [0.5, 0.6) is 0 Å². The minimum absolute atomic E-state index is 0.740. The molecule has 0 spiro atoms. The van der Waals surface area contributed by atoms with Crippen molar-refractivity contribution in [3.05, 3.63) is 23.2 Å². The van der Waals surface area contributed by atoms with Gasteiger partial charge in [-0.25, -0.2) is 0 Å². The third-order valence-corrected chi connectivity index (χ3v) is 3.45. The minimum Gasteiger partial charge on any atom is -0.391 e. The number of anilines is 1. The number of thiol groups is 1. The second-order valence-electron chi connectivity index (χ2n) is 2.46. The Labute approximate surface area is 84.6 Å². The predicted molar refractivity (Wildman–Crippen MR) is 58.5 cm³/mol. The Morgan fingerprint density at radius 1 is 1.42 bits per heavy atom. The Hall–Kier alpha value is -0.380. The van der Waals surface area contributed by atoms with E-state index in [-0.39, 0.29) is 0 Å². The van der Waals surface area contributed by atoms with Crippen molar-refractivity contribution in [3.63, 3.8) is 0 Å². The number of nitrogens with two attached hydrogens (primary N) is 1. The molecular formula is C8H6ClNS2. The smallest absolute Gasteiger partial charge is 0.0869 e. The van der Waals surface area contributed by atoms with E-state index in [0.717, 1.165) is 25.0 Å². The van der Waals surface area contributed by atoms with Crippen LogP contribution >= 0.6 is 35.6 Å². The predicted octanol–water partition coefficient (Wildman–Crippen LogP) is 3.43. The lowest BCUT2D eigenvalue weighted by molar-refractivity contribution is 1.59. The fourth-order valence-electron chi connectivity index (χ4n) is 1.10. The van der Waals surface area contributed by atoms with Gasteiger partial charge in [-0.15, -0.1) is 24.0 Å². The van der Waals surface area contributed by atoms with Gasteiger partial charge in [0.15, 0.2) is 0 Å². The molecule has 1 aromatic carbocycles. The van der Waals surface area contributed by atoms with Gasteiger partial charge in [0.1, 0.15) is 0 Å². The largest absolute Gasteiger partial charge is 0.391 e. The molecule has 2 N–H and O–H groups in total. The molecule has 0 saturated carbocycles. The van der Waals surface area contributed by atoms with E-state index in [1.807, 2.05) is 18.2 Å². The third kappa shape index (κ3) is 1.18. The van der Waals surface area contributed by atoms with Crippen LogP contribution in [0.2, 0.25) is 5.02 Å². The van der Waals surface area contributed by atoms with Crippen LogP contribution in [0.25, 0.3) is 10.1 Å². The molecule has 12 heavy (non-hydrogen) atoms. The third-order valence-electron chi connectivity index (χ3n) is 1.63. The first-order chi connectivity index (χ1) is 5.68. The molecule has 0 aliphatic rings. The molecule has 0 fully saturated rings. The molecule has 0 bridgehead atoms. The fourth-order valence-corrected chi connectivity index (χ4v) is 2.56. The Bertz CT molecular complexity index is 397. The van der Waals surface area contributed by atoms with Crippen LogP contribution in [-0.2, 0) is 0 Å². The maximum absolute atomic E-state index is 5.96. The number of rotatable bonds is 0. The van der Waals surface area contributed by atoms with Crippen molar-refractivity contribution in [1.29, 1.82) is 0 Å². The van der Waals surface area contributed by atoms with E-state index in [4.69, 9.17) is 17.3 Å². The molecule has 1 heterocycles. The van der Waals surface area contributed by atoms with Crippen LogP contribution in [0.15, 0.2) is 23.1 Å². The van der Waals surface area contributed by atoms with Gasteiger partial charge >= 0.3 is 0 Å². The molecule has 0 saturated heterocycles. The van der Waals surface area contributed by atoms with E-state index >= 15 is 0 Å². The van der Waals surface area contributed by atoms with Gasteiger partial charge in [-0.3, -0.25) is 0 Å². The summed E-state index contributed by atoms with van der Waals surface area (Å²) in [6.45, 7) is 0. The number of benzene rings is 1. The van der Waals surface area contributed by atoms with E-state index in [1.165, 1.54) is 11.3 Å². The van der Waals surface area contributed by atoms with Crippen LogP contribution in [0.4, 0.5) is 5.00 Å². The summed E-state index contributed by atoms with van der Waals surface area (Å²) in [4.78, 5) is 0.919. The monoisotopic (exact) mass is 215 g/mol. The average molecular weight is 216 g/mol. The SMILES string of the molecule is Nc1cc2c(S)ccc(Cl)c2s1. The quantitative estimate of drug-likeness (QED) is 0.647. The first-order valence-electron chi connectivity index (χ1n) is 3.35. The van der Waals surface area contributed by atoms with Crippen LogP contribution in [0.3, 0.4) is 0 Å². The fraction of sp³-hybridized carbons (Fsp3) is 0. The van der Waals surface area contributed by atoms with Gasteiger partial charge in [0.25, 0.3) is 0 Å². The second kappa shape index (κ2) is 2.83. The van der Waals surface area contributed by atoms with Crippen molar-refractivity contribution >= 4 is 50.7 Å². The zero-order valence-corrected chi connectivity index (χ0v) is 8.51. The van der Waals surface area contributed by atoms with Gasteiger partial charge in [0, 0.05) is 10.3 Å². The molecule has 0 aliphatic heterocycles. The van der Waals surface area contributed by atoms with Crippen molar-refractivity contribution in [1.82, 2.24) is 0 Å². The summed E-state index contributed by atoms with van der Waals surface area (Å²) >= 11 is 11.8. The zero-order valence-electron chi connectivity index (χ0n) is 6.04. The standard InChI is InChI=1S/C8H6ClNS2/c9-5-1-2-6(11)4-3-7(10)12-8(4)5/h1-3,11H,10H2. The summed E-state index contributed by atoms with van der Waals surface area (Å²) < 4.78 is 1.02. The van der Waals surface area contributed by atoms with E-state index in [9.17, 15) is 0 Å². The van der Waals surface area contributed by atoms with E-state index in [0.29, 0.717) is 0 Å². The molecular weight excluding hydrogens is 210 g/mol. The van der Waals surface area contributed by atoms with Crippen molar-refractivity contribution in [2.24, 2.45) is 0 Å². The van der Waals surface area contributed by atoms with Gasteiger partial charge in [0.05, 0.1) is 14.7 Å². The lowest BCUT2D eigenvalue weighted by Gasteiger charge is -1.95. The highest BCUT2D eigenvalue weighted by Gasteiger charge is 2.05. The van der Waals surface area contributed by atoms with E-state index < -0.39 is 0 Å². The van der Waals surface area contributed by atoms with Crippen LogP contribution < -0.4 is 5.73 Å². The highest BCUT2D eigenvalue weighted by atomic mass is 35.5. The molecule has 2 rings (SSSR count). The van der Waals surface area contributed by atoms with E-state index in [2.05, 4.69) is 12.6 Å². The lowest BCUT2D eigenvalue weighted by Crippen LogP contribution is -1.73. The summed E-state index contributed by atoms with van der Waals surface area (Å²) in [7, 11) is 0. The molecule has 1 nitrogen and oxygen atoms in total. The van der Waals surface area contributed by atoms with Gasteiger partial charge in [-0.1, -0.05) is 11.6 Å². The number of thiophene rings is 1. The first-order valence-corrected chi connectivity index (χ1v) is 4.99. The van der Waals surface area contributed by atoms with Crippen molar-refractivity contribution < 1.29 is 0 Å². The molecule has 0 atom stereocenters. The number of fused-ring (bicyclic) bond motifs is 1. The molecule has 2 aromatic rings. The van der Waals surface area contributed by atoms with Crippen molar-refractivity contribution in [2.45, 2.75) is 4.90 Å². The first kappa shape index (κ1) is 8.23. The summed E-state index contributed by atoms with van der Waals surface area (Å²) in [5, 5.41) is 2.55. The highest BCUT2D eigenvalue weighted by molar-refractivity contribution is 7.80. The van der Waals surface area contributed by atoms with Crippen molar-refractivity contribution in [2.75, 3.05) is 5.73 Å². The number of hydrogen-bond donors (Lipinski definition) is 2. The molecule has 0 unspecified atom stereocenters. The van der Waals surface area contributed by atoms with Gasteiger partial charge in [-0.05, 0) is 18.2 Å². The lowest BCUT2D eigenvalue weighted by atomic mass is 10.2. The molecule has 62 valence electrons. The average Bonchev–Trinajstić information content (AvgIpc) is 2.41. The highest BCUT2D eigenvalue weighted by Crippen LogP contribution is 2.36. The topological polar surface area (TPSA) is 26.0 Å². The van der Waals surface area contributed by atoms with Crippen LogP contribution in [0.1, 0.15) is 0 Å². The number of halogens is 1. The minimum atomic E-state index is 0.740. The Balaban J connectivity index is 2.93. The normalized spacial score (nSPS) is 10.8. The zero-order chi connectivity index (χ0) is 8.72. The van der Waals surface area contributed by atoms with Gasteiger partial charge in [0.2, 0.25) is 0 Å². The summed E-state index contributed by atoms with van der Waals surface area (Å²) in [5.74, 6) is 0. The maximum Gasteiger partial charge on any atom is 0.0869 e. The Morgan fingerprint density at radius 2 is 2.17 bits per heavy atom. The maximum atomic E-state index is 5.96. The van der Waals surface area contributed by atoms with Crippen LogP contribution in [-0.4, -0.2) is 0 Å². The number of hydrogen-bond acceptors (Lipinski definition) is 3. The molecule has 0 amide bonds. The van der Waals surface area contributed by atoms with Crippen LogP contribution in [0, 0.1) is 0 Å². The Kier molecular flexibility index (Phi) is 1.94. The molecule has 4 heteroatoms. The number of nitrogen functional groups attached to an aromatic ring is 1. The second-order valence-corrected chi connectivity index (χ2v) is 4.43. The summed E-state index contributed by atoms with van der Waals surface area (Å²) in [6, 6.07) is 5.61. The molecule has 1 aromatic heterocycles. The molecule has 0 radical (unpaired) electrons. The van der Waals surface area contributed by atoms with Gasteiger partial charge in [-0.2, -0.15) is 0 Å². The Morgan fingerprint density at radius 3 is 2.83 bits per heavy atom. The van der Waals surface area contributed by atoms with E-state index in [1.54, 1.807) is 0 Å². The summed E-state index contributed by atoms with van der Waals surface area (Å²) in [6.07, 6.45) is 0. The van der Waals surface area contributed by atoms with Crippen molar-refractivity contribution in [3.8, 4) is 0 Å². The van der Waals surface area contributed by atoms with Gasteiger partial charge < -0.3 is 5.73 Å². The summed E-state index contributed by atoms with van der Waals surface area (Å²) in [5.41, 5.74) is 5.65. The molecule has 0 aliphatic carbocycles.